The van der Waals surface area contributed by atoms with Crippen LogP contribution in [0.1, 0.15) is 17.3 Å². The Morgan fingerprint density at radius 3 is 2.29 bits per heavy atom. The van der Waals surface area contributed by atoms with Gasteiger partial charge in [0.05, 0.1) is 16.9 Å². The third kappa shape index (κ3) is 3.37. The largest absolute Gasteiger partial charge is 0.320 e. The van der Waals surface area contributed by atoms with Crippen molar-refractivity contribution in [3.8, 4) is 0 Å². The Hall–Kier alpha value is -2.90. The molecule has 0 saturated carbocycles. The normalized spacial score (nSPS) is 10.4. The number of benzene rings is 2. The number of nitrogens with zero attached hydrogens (tertiary/aromatic N) is 1. The molecule has 8 heteroatoms. The van der Waals surface area contributed by atoms with Gasteiger partial charge in [-0.15, -0.1) is 0 Å². The molecule has 0 fully saturated rings. The van der Waals surface area contributed by atoms with E-state index in [2.05, 4.69) is 5.32 Å². The molecular formula is C16H12F4N2O2. The van der Waals surface area contributed by atoms with Crippen LogP contribution in [0.15, 0.2) is 30.3 Å². The Kier molecular flexibility index (Phi) is 4.87. The Morgan fingerprint density at radius 2 is 1.67 bits per heavy atom. The topological polar surface area (TPSA) is 49.4 Å². The first-order valence-corrected chi connectivity index (χ1v) is 6.71. The van der Waals surface area contributed by atoms with Gasteiger partial charge in [0.15, 0.2) is 17.5 Å². The van der Waals surface area contributed by atoms with Crippen LogP contribution in [0.3, 0.4) is 0 Å². The molecule has 24 heavy (non-hydrogen) atoms. The Labute approximate surface area is 134 Å². The molecule has 0 bridgehead atoms. The number of hydrogen-bond acceptors (Lipinski definition) is 2. The van der Waals surface area contributed by atoms with E-state index >= 15 is 0 Å². The van der Waals surface area contributed by atoms with Crippen LogP contribution in [0.25, 0.3) is 0 Å². The van der Waals surface area contributed by atoms with Crippen LogP contribution in [0, 0.1) is 23.3 Å². The first kappa shape index (κ1) is 17.5. The van der Waals surface area contributed by atoms with Gasteiger partial charge < -0.3 is 10.2 Å². The van der Waals surface area contributed by atoms with Crippen molar-refractivity contribution < 1.29 is 27.2 Å². The third-order valence-electron chi connectivity index (χ3n) is 3.32. The predicted molar refractivity (Wildman–Crippen MR) is 79.8 cm³/mol. The van der Waals surface area contributed by atoms with Crippen molar-refractivity contribution in [1.29, 1.82) is 0 Å². The Morgan fingerprint density at radius 1 is 1.00 bits per heavy atom. The van der Waals surface area contributed by atoms with Gasteiger partial charge in [-0.1, -0.05) is 0 Å². The highest BCUT2D eigenvalue weighted by molar-refractivity contribution is 6.07. The molecule has 0 radical (unpaired) electrons. The fraction of sp³-hybridized carbons (Fsp3) is 0.125. The maximum absolute atomic E-state index is 13.7. The summed E-state index contributed by atoms with van der Waals surface area (Å²) in [6.45, 7) is 1.25. The second-order valence-electron chi connectivity index (χ2n) is 4.92. The van der Waals surface area contributed by atoms with Gasteiger partial charge in [-0.25, -0.2) is 17.6 Å². The van der Waals surface area contributed by atoms with Gasteiger partial charge in [0.25, 0.3) is 5.91 Å². The smallest absolute Gasteiger partial charge is 0.258 e. The second kappa shape index (κ2) is 6.69. The lowest BCUT2D eigenvalue weighted by molar-refractivity contribution is -0.116. The van der Waals surface area contributed by atoms with Crippen molar-refractivity contribution in [2.45, 2.75) is 6.92 Å². The molecule has 0 aliphatic carbocycles. The van der Waals surface area contributed by atoms with Crippen LogP contribution in [0.5, 0.6) is 0 Å². The van der Waals surface area contributed by atoms with Crippen molar-refractivity contribution >= 4 is 23.2 Å². The first-order valence-electron chi connectivity index (χ1n) is 6.71. The zero-order valence-corrected chi connectivity index (χ0v) is 12.7. The minimum Gasteiger partial charge on any atom is -0.320 e. The number of anilines is 2. The lowest BCUT2D eigenvalue weighted by Gasteiger charge is -2.19. The molecule has 126 valence electrons. The van der Waals surface area contributed by atoms with E-state index in [-0.39, 0.29) is 11.4 Å². The monoisotopic (exact) mass is 340 g/mol. The van der Waals surface area contributed by atoms with Gasteiger partial charge in [-0.05, 0) is 30.3 Å². The van der Waals surface area contributed by atoms with Crippen molar-refractivity contribution in [3.05, 3.63) is 59.2 Å². The molecule has 2 aromatic rings. The van der Waals surface area contributed by atoms with Gasteiger partial charge in [0, 0.05) is 14.0 Å². The Bertz CT molecular complexity index is 824. The number of hydrogen-bond donors (Lipinski definition) is 1. The summed E-state index contributed by atoms with van der Waals surface area (Å²) in [5.74, 6) is -7.11. The van der Waals surface area contributed by atoms with Crippen LogP contribution in [0.4, 0.5) is 28.9 Å². The number of nitrogens with one attached hydrogen (secondary N) is 1. The molecule has 0 aromatic heterocycles. The highest BCUT2D eigenvalue weighted by atomic mass is 19.2. The van der Waals surface area contributed by atoms with E-state index < -0.39 is 40.6 Å². The van der Waals surface area contributed by atoms with E-state index in [1.54, 1.807) is 0 Å². The Balaban J connectivity index is 2.41. The minimum atomic E-state index is -1.79. The summed E-state index contributed by atoms with van der Waals surface area (Å²) < 4.78 is 53.2. The summed E-state index contributed by atoms with van der Waals surface area (Å²) >= 11 is 0. The lowest BCUT2D eigenvalue weighted by Crippen LogP contribution is -2.25. The molecule has 1 N–H and O–H groups in total. The number of rotatable bonds is 3. The maximum atomic E-state index is 13.7. The van der Waals surface area contributed by atoms with Crippen LogP contribution in [0.2, 0.25) is 0 Å². The van der Waals surface area contributed by atoms with Gasteiger partial charge in [0.2, 0.25) is 5.91 Å². The molecule has 4 nitrogen and oxygen atoms in total. The van der Waals surface area contributed by atoms with Gasteiger partial charge in [-0.2, -0.15) is 0 Å². The number of amides is 2. The number of halogens is 4. The fourth-order valence-electron chi connectivity index (χ4n) is 1.96. The van der Waals surface area contributed by atoms with Crippen molar-refractivity contribution in [1.82, 2.24) is 0 Å². The van der Waals surface area contributed by atoms with E-state index in [0.717, 1.165) is 23.1 Å². The predicted octanol–water partition coefficient (Wildman–Crippen LogP) is 3.48. The molecule has 0 unspecified atom stereocenters. The first-order chi connectivity index (χ1) is 11.2. The maximum Gasteiger partial charge on any atom is 0.258 e. The molecule has 2 aromatic carbocycles. The molecule has 2 rings (SSSR count). The van der Waals surface area contributed by atoms with E-state index in [1.165, 1.54) is 20.0 Å². The summed E-state index contributed by atoms with van der Waals surface area (Å²) in [6.07, 6.45) is 0. The van der Waals surface area contributed by atoms with E-state index in [4.69, 9.17) is 0 Å². The van der Waals surface area contributed by atoms with Crippen LogP contribution >= 0.6 is 0 Å². The molecule has 0 saturated heterocycles. The van der Waals surface area contributed by atoms with E-state index in [1.807, 2.05) is 0 Å². The van der Waals surface area contributed by atoms with E-state index in [9.17, 15) is 27.2 Å². The number of carbonyl (C=O) groups excluding carboxylic acids is 2. The molecule has 0 atom stereocenters. The van der Waals surface area contributed by atoms with Crippen molar-refractivity contribution in [3.63, 3.8) is 0 Å². The van der Waals surface area contributed by atoms with Crippen LogP contribution in [-0.4, -0.2) is 18.9 Å². The highest BCUT2D eigenvalue weighted by Crippen LogP contribution is 2.27. The molecule has 2 amide bonds. The summed E-state index contributed by atoms with van der Waals surface area (Å²) in [5, 5.41) is 2.19. The summed E-state index contributed by atoms with van der Waals surface area (Å²) in [5.41, 5.74) is -0.725. The van der Waals surface area contributed by atoms with Gasteiger partial charge in [-0.3, -0.25) is 9.59 Å². The fourth-order valence-corrected chi connectivity index (χ4v) is 1.96. The lowest BCUT2D eigenvalue weighted by atomic mass is 10.1. The standard InChI is InChI=1S/C16H12F4N2O2/c1-8(23)22(2)13-6-3-9(17)7-12(13)21-16(24)10-4-5-11(18)15(20)14(10)19/h3-7H,1-2H3,(H,21,24). The second-order valence-corrected chi connectivity index (χ2v) is 4.92. The number of carbonyl (C=O) groups is 2. The highest BCUT2D eigenvalue weighted by Gasteiger charge is 2.21. The summed E-state index contributed by atoms with van der Waals surface area (Å²) in [6, 6.07) is 4.60. The van der Waals surface area contributed by atoms with E-state index in [0.29, 0.717) is 6.07 Å². The summed E-state index contributed by atoms with van der Waals surface area (Å²) in [7, 11) is 1.39. The molecule has 0 heterocycles. The zero-order chi connectivity index (χ0) is 18.0. The van der Waals surface area contributed by atoms with Gasteiger partial charge >= 0.3 is 0 Å². The summed E-state index contributed by atoms with van der Waals surface area (Å²) in [4.78, 5) is 24.7. The SMILES string of the molecule is CC(=O)N(C)c1ccc(F)cc1NC(=O)c1ccc(F)c(F)c1F. The van der Waals surface area contributed by atoms with Crippen LogP contribution in [-0.2, 0) is 4.79 Å². The molecule has 0 spiro atoms. The molecular weight excluding hydrogens is 328 g/mol. The van der Waals surface area contributed by atoms with Crippen molar-refractivity contribution in [2.24, 2.45) is 0 Å². The third-order valence-corrected chi connectivity index (χ3v) is 3.32. The minimum absolute atomic E-state index is 0.123. The van der Waals surface area contributed by atoms with Crippen molar-refractivity contribution in [2.75, 3.05) is 17.3 Å². The van der Waals surface area contributed by atoms with Crippen LogP contribution < -0.4 is 10.2 Å². The zero-order valence-electron chi connectivity index (χ0n) is 12.7. The van der Waals surface area contributed by atoms with Gasteiger partial charge in [0.1, 0.15) is 5.82 Å². The average molecular weight is 340 g/mol. The quantitative estimate of drug-likeness (QED) is 0.687. The molecule has 0 aliphatic rings. The average Bonchev–Trinajstić information content (AvgIpc) is 2.52. The molecule has 0 aliphatic heterocycles.